The number of carbonyl (C=O) groups excluding carboxylic acids is 1. The number of rotatable bonds is 5. The van der Waals surface area contributed by atoms with E-state index in [9.17, 15) is 14.9 Å². The van der Waals surface area contributed by atoms with E-state index in [4.69, 9.17) is 14.3 Å². The number of hydrogen-bond acceptors (Lipinski definition) is 7. The number of carbonyl (C=O) groups is 1. The molecule has 0 aromatic heterocycles. The Kier molecular flexibility index (Phi) is 5.58. The van der Waals surface area contributed by atoms with Crippen molar-refractivity contribution in [3.8, 4) is 11.5 Å². The van der Waals surface area contributed by atoms with E-state index in [1.54, 1.807) is 7.11 Å². The lowest BCUT2D eigenvalue weighted by atomic mass is 9.87. The SMILES string of the molecule is COc1ccc(C(=O)O/N=C2/CCCc3c2ccc(OC)c3C)cc1[N+](=O)[O-]. The summed E-state index contributed by atoms with van der Waals surface area (Å²) in [7, 11) is 2.95. The van der Waals surface area contributed by atoms with Gasteiger partial charge in [-0.15, -0.1) is 0 Å². The Labute approximate surface area is 161 Å². The van der Waals surface area contributed by atoms with Gasteiger partial charge in [-0.05, 0) is 61.6 Å². The van der Waals surface area contributed by atoms with Crippen LogP contribution in [0, 0.1) is 17.0 Å². The van der Waals surface area contributed by atoms with Crippen LogP contribution in [-0.4, -0.2) is 30.8 Å². The van der Waals surface area contributed by atoms with E-state index in [2.05, 4.69) is 5.16 Å². The van der Waals surface area contributed by atoms with Crippen LogP contribution in [0.5, 0.6) is 11.5 Å². The van der Waals surface area contributed by atoms with Crippen LogP contribution in [0.15, 0.2) is 35.5 Å². The van der Waals surface area contributed by atoms with Crippen LogP contribution in [0.2, 0.25) is 0 Å². The summed E-state index contributed by atoms with van der Waals surface area (Å²) in [5.74, 6) is 0.108. The smallest absolute Gasteiger partial charge is 0.365 e. The van der Waals surface area contributed by atoms with Gasteiger partial charge in [-0.1, -0.05) is 5.16 Å². The molecule has 0 saturated heterocycles. The van der Waals surface area contributed by atoms with Crippen molar-refractivity contribution in [1.82, 2.24) is 0 Å². The molecule has 0 aliphatic heterocycles. The van der Waals surface area contributed by atoms with Crippen molar-refractivity contribution in [1.29, 1.82) is 0 Å². The number of ether oxygens (including phenoxy) is 2. The Morgan fingerprint density at radius 1 is 1.11 bits per heavy atom. The second kappa shape index (κ2) is 8.08. The van der Waals surface area contributed by atoms with Crippen molar-refractivity contribution < 1.29 is 24.0 Å². The molecule has 3 rings (SSSR count). The zero-order valence-electron chi connectivity index (χ0n) is 15.9. The first-order valence-corrected chi connectivity index (χ1v) is 8.73. The number of methoxy groups -OCH3 is 2. The highest BCUT2D eigenvalue weighted by molar-refractivity contribution is 6.03. The molecule has 0 atom stereocenters. The van der Waals surface area contributed by atoms with Crippen LogP contribution in [0.25, 0.3) is 0 Å². The predicted octanol–water partition coefficient (Wildman–Crippen LogP) is 3.82. The van der Waals surface area contributed by atoms with E-state index in [-0.39, 0.29) is 17.0 Å². The quantitative estimate of drug-likeness (QED) is 0.441. The van der Waals surface area contributed by atoms with Gasteiger partial charge in [0, 0.05) is 11.6 Å². The zero-order chi connectivity index (χ0) is 20.3. The monoisotopic (exact) mass is 384 g/mol. The largest absolute Gasteiger partial charge is 0.496 e. The third kappa shape index (κ3) is 3.66. The minimum absolute atomic E-state index is 0.0267. The summed E-state index contributed by atoms with van der Waals surface area (Å²) < 4.78 is 10.3. The fraction of sp³-hybridized carbons (Fsp3) is 0.300. The number of fused-ring (bicyclic) bond motifs is 1. The molecule has 8 heteroatoms. The summed E-state index contributed by atoms with van der Waals surface area (Å²) in [6.45, 7) is 1.99. The Morgan fingerprint density at radius 3 is 2.50 bits per heavy atom. The molecule has 1 aliphatic carbocycles. The maximum Gasteiger partial charge on any atom is 0.365 e. The minimum Gasteiger partial charge on any atom is -0.496 e. The second-order valence-electron chi connectivity index (χ2n) is 6.33. The minimum atomic E-state index is -0.768. The van der Waals surface area contributed by atoms with E-state index in [0.29, 0.717) is 12.1 Å². The molecule has 0 fully saturated rings. The van der Waals surface area contributed by atoms with Gasteiger partial charge >= 0.3 is 11.7 Å². The molecule has 2 aromatic carbocycles. The van der Waals surface area contributed by atoms with Crippen molar-refractivity contribution >= 4 is 17.4 Å². The van der Waals surface area contributed by atoms with Gasteiger partial charge in [0.25, 0.3) is 0 Å². The van der Waals surface area contributed by atoms with Gasteiger partial charge in [-0.25, -0.2) is 4.79 Å². The number of nitro benzene ring substituents is 1. The van der Waals surface area contributed by atoms with Crippen LogP contribution in [0.4, 0.5) is 5.69 Å². The fourth-order valence-corrected chi connectivity index (χ4v) is 3.32. The highest BCUT2D eigenvalue weighted by atomic mass is 16.7. The molecular weight excluding hydrogens is 364 g/mol. The number of benzene rings is 2. The van der Waals surface area contributed by atoms with Gasteiger partial charge in [0.15, 0.2) is 5.75 Å². The average Bonchev–Trinajstić information content (AvgIpc) is 2.71. The zero-order valence-corrected chi connectivity index (χ0v) is 15.9. The first-order valence-electron chi connectivity index (χ1n) is 8.73. The molecule has 0 unspecified atom stereocenters. The highest BCUT2D eigenvalue weighted by Crippen LogP contribution is 2.31. The molecule has 0 heterocycles. The van der Waals surface area contributed by atoms with Crippen LogP contribution >= 0.6 is 0 Å². The highest BCUT2D eigenvalue weighted by Gasteiger charge is 2.22. The predicted molar refractivity (Wildman–Crippen MR) is 102 cm³/mol. The Morgan fingerprint density at radius 2 is 1.82 bits per heavy atom. The third-order valence-corrected chi connectivity index (χ3v) is 4.77. The maximum absolute atomic E-state index is 12.3. The van der Waals surface area contributed by atoms with Gasteiger partial charge in [0.05, 0.1) is 30.4 Å². The standard InChI is InChI=1S/C20H20N2O6/c1-12-14-5-4-6-16(15(14)8-10-18(12)26-2)21-28-20(23)13-7-9-19(27-3)17(11-13)22(24)25/h7-11H,4-6H2,1-3H3/b21-16-. The van der Waals surface area contributed by atoms with Crippen LogP contribution in [0.1, 0.15) is 39.9 Å². The first-order chi connectivity index (χ1) is 13.5. The van der Waals surface area contributed by atoms with Crippen molar-refractivity contribution in [2.24, 2.45) is 5.16 Å². The molecule has 0 amide bonds. The molecule has 8 nitrogen and oxygen atoms in total. The van der Waals surface area contributed by atoms with E-state index in [1.807, 2.05) is 19.1 Å². The Bertz CT molecular complexity index is 967. The van der Waals surface area contributed by atoms with Gasteiger partial charge in [0.2, 0.25) is 0 Å². The summed E-state index contributed by atoms with van der Waals surface area (Å²) in [5.41, 5.74) is 3.49. The molecule has 28 heavy (non-hydrogen) atoms. The molecule has 0 saturated carbocycles. The normalized spacial score (nSPS) is 14.3. The van der Waals surface area contributed by atoms with E-state index in [0.717, 1.165) is 41.3 Å². The van der Waals surface area contributed by atoms with Gasteiger partial charge < -0.3 is 14.3 Å². The van der Waals surface area contributed by atoms with Crippen molar-refractivity contribution in [3.05, 3.63) is 62.7 Å². The van der Waals surface area contributed by atoms with Crippen LogP contribution < -0.4 is 9.47 Å². The number of nitrogens with zero attached hydrogens (tertiary/aromatic N) is 2. The lowest BCUT2D eigenvalue weighted by molar-refractivity contribution is -0.385. The summed E-state index contributed by atoms with van der Waals surface area (Å²) >= 11 is 0. The molecule has 0 N–H and O–H groups in total. The molecular formula is C20H20N2O6. The Balaban J connectivity index is 1.86. The second-order valence-corrected chi connectivity index (χ2v) is 6.33. The van der Waals surface area contributed by atoms with Crippen molar-refractivity contribution in [3.63, 3.8) is 0 Å². The molecule has 0 radical (unpaired) electrons. The van der Waals surface area contributed by atoms with Gasteiger partial charge in [-0.3, -0.25) is 10.1 Å². The van der Waals surface area contributed by atoms with E-state index < -0.39 is 10.9 Å². The van der Waals surface area contributed by atoms with E-state index in [1.165, 1.54) is 19.2 Å². The molecule has 2 aromatic rings. The summed E-state index contributed by atoms with van der Waals surface area (Å²) in [6.07, 6.45) is 2.45. The topological polar surface area (TPSA) is 100 Å². The summed E-state index contributed by atoms with van der Waals surface area (Å²) in [6, 6.07) is 7.64. The first kappa shape index (κ1) is 19.3. The van der Waals surface area contributed by atoms with Gasteiger partial charge in [-0.2, -0.15) is 0 Å². The van der Waals surface area contributed by atoms with Crippen LogP contribution in [-0.2, 0) is 11.3 Å². The summed E-state index contributed by atoms with van der Waals surface area (Å²) in [4.78, 5) is 27.9. The summed E-state index contributed by atoms with van der Waals surface area (Å²) in [5, 5.41) is 15.2. The van der Waals surface area contributed by atoms with Crippen molar-refractivity contribution in [2.75, 3.05) is 14.2 Å². The number of oxime groups is 1. The lowest BCUT2D eigenvalue weighted by Gasteiger charge is -2.20. The Hall–Kier alpha value is -3.42. The number of hydrogen-bond donors (Lipinski definition) is 0. The average molecular weight is 384 g/mol. The molecule has 1 aliphatic rings. The van der Waals surface area contributed by atoms with E-state index >= 15 is 0 Å². The van der Waals surface area contributed by atoms with Crippen molar-refractivity contribution in [2.45, 2.75) is 26.2 Å². The fourth-order valence-electron chi connectivity index (χ4n) is 3.32. The lowest BCUT2D eigenvalue weighted by Crippen LogP contribution is -2.15. The maximum atomic E-state index is 12.3. The van der Waals surface area contributed by atoms with Crippen LogP contribution in [0.3, 0.4) is 0 Å². The number of nitro groups is 1. The molecule has 0 spiro atoms. The third-order valence-electron chi connectivity index (χ3n) is 4.77. The molecule has 0 bridgehead atoms. The molecule has 146 valence electrons. The van der Waals surface area contributed by atoms with Gasteiger partial charge in [0.1, 0.15) is 5.75 Å².